The van der Waals surface area contributed by atoms with Crippen LogP contribution in [0.1, 0.15) is 24.9 Å². The zero-order chi connectivity index (χ0) is 15.5. The summed E-state index contributed by atoms with van der Waals surface area (Å²) in [6.45, 7) is 1.92. The van der Waals surface area contributed by atoms with Crippen LogP contribution in [0.3, 0.4) is 0 Å². The first-order valence-electron chi connectivity index (χ1n) is 6.57. The molecule has 3 N–H and O–H groups in total. The molecule has 0 bridgehead atoms. The second kappa shape index (κ2) is 6.24. The molecule has 0 aliphatic rings. The van der Waals surface area contributed by atoms with Gasteiger partial charge >= 0.3 is 0 Å². The molecule has 0 fully saturated rings. The monoisotopic (exact) mass is 308 g/mol. The molecule has 2 rings (SSSR count). The van der Waals surface area contributed by atoms with Crippen molar-refractivity contribution in [1.29, 1.82) is 0 Å². The van der Waals surface area contributed by atoms with Gasteiger partial charge in [0.2, 0.25) is 0 Å². The van der Waals surface area contributed by atoms with Gasteiger partial charge in [0.1, 0.15) is 5.82 Å². The molecular weight excluding hydrogens is 291 g/mol. The molecule has 0 saturated heterocycles. The van der Waals surface area contributed by atoms with Crippen LogP contribution in [0.15, 0.2) is 53.4 Å². The van der Waals surface area contributed by atoms with E-state index < -0.39 is 15.8 Å². The fraction of sp³-hybridized carbons (Fsp3) is 0.200. The number of nitrogens with one attached hydrogen (secondary N) is 1. The molecule has 2 aromatic rings. The quantitative estimate of drug-likeness (QED) is 0.891. The molecule has 6 heteroatoms. The molecule has 21 heavy (non-hydrogen) atoms. The maximum absolute atomic E-state index is 13.6. The van der Waals surface area contributed by atoms with Crippen LogP contribution in [0.25, 0.3) is 0 Å². The number of anilines is 1. The van der Waals surface area contributed by atoms with Crippen molar-refractivity contribution in [3.63, 3.8) is 0 Å². The van der Waals surface area contributed by atoms with Crippen molar-refractivity contribution < 1.29 is 12.8 Å². The molecule has 0 radical (unpaired) electrons. The van der Waals surface area contributed by atoms with E-state index in [4.69, 9.17) is 5.73 Å². The van der Waals surface area contributed by atoms with E-state index in [2.05, 4.69) is 4.72 Å². The van der Waals surface area contributed by atoms with Gasteiger partial charge in [-0.15, -0.1) is 0 Å². The van der Waals surface area contributed by atoms with Gasteiger partial charge in [0.25, 0.3) is 10.0 Å². The first-order valence-corrected chi connectivity index (χ1v) is 8.05. The molecule has 0 heterocycles. The number of halogens is 1. The van der Waals surface area contributed by atoms with Crippen molar-refractivity contribution in [1.82, 2.24) is 0 Å². The summed E-state index contributed by atoms with van der Waals surface area (Å²) in [6.07, 6.45) is 0.699. The van der Waals surface area contributed by atoms with Crippen molar-refractivity contribution in [3.05, 3.63) is 59.9 Å². The third-order valence-electron chi connectivity index (χ3n) is 3.15. The molecule has 4 nitrogen and oxygen atoms in total. The van der Waals surface area contributed by atoms with E-state index in [1.54, 1.807) is 18.2 Å². The Labute approximate surface area is 123 Å². The number of sulfonamides is 1. The Bertz CT molecular complexity index is 732. The Balaban J connectivity index is 2.34. The smallest absolute Gasteiger partial charge is 0.261 e. The minimum Gasteiger partial charge on any atom is -0.324 e. The van der Waals surface area contributed by atoms with Gasteiger partial charge in [-0.1, -0.05) is 31.2 Å². The molecule has 0 aliphatic heterocycles. The van der Waals surface area contributed by atoms with Crippen LogP contribution in [0.2, 0.25) is 0 Å². The maximum Gasteiger partial charge on any atom is 0.261 e. The van der Waals surface area contributed by atoms with Gasteiger partial charge in [-0.2, -0.15) is 0 Å². The van der Waals surface area contributed by atoms with Crippen LogP contribution >= 0.6 is 0 Å². The molecular formula is C15H17FN2O2S. The number of rotatable bonds is 5. The third-order valence-corrected chi connectivity index (χ3v) is 4.52. The van der Waals surface area contributed by atoms with Gasteiger partial charge in [0.05, 0.1) is 10.6 Å². The van der Waals surface area contributed by atoms with Gasteiger partial charge in [-0.25, -0.2) is 12.8 Å². The zero-order valence-electron chi connectivity index (χ0n) is 11.6. The van der Waals surface area contributed by atoms with Crippen LogP contribution in [0, 0.1) is 5.82 Å². The Morgan fingerprint density at radius 2 is 1.90 bits per heavy atom. The predicted molar refractivity (Wildman–Crippen MR) is 80.9 cm³/mol. The highest BCUT2D eigenvalue weighted by Gasteiger charge is 2.17. The Morgan fingerprint density at radius 3 is 2.57 bits per heavy atom. The number of hydrogen-bond acceptors (Lipinski definition) is 3. The molecule has 2 aromatic carbocycles. The van der Waals surface area contributed by atoms with E-state index in [0.717, 1.165) is 5.56 Å². The lowest BCUT2D eigenvalue weighted by atomic mass is 10.1. The van der Waals surface area contributed by atoms with Gasteiger partial charge in [-0.05, 0) is 36.2 Å². The van der Waals surface area contributed by atoms with Crippen molar-refractivity contribution in [3.8, 4) is 0 Å². The zero-order valence-corrected chi connectivity index (χ0v) is 12.4. The third kappa shape index (κ3) is 3.59. The summed E-state index contributed by atoms with van der Waals surface area (Å²) < 4.78 is 40.4. The second-order valence-electron chi connectivity index (χ2n) is 4.67. The number of hydrogen-bond donors (Lipinski definition) is 2. The molecule has 0 aromatic heterocycles. The average molecular weight is 308 g/mol. The Morgan fingerprint density at radius 1 is 1.19 bits per heavy atom. The largest absolute Gasteiger partial charge is 0.324 e. The van der Waals surface area contributed by atoms with Crippen LogP contribution < -0.4 is 10.5 Å². The fourth-order valence-corrected chi connectivity index (χ4v) is 3.02. The van der Waals surface area contributed by atoms with E-state index in [1.807, 2.05) is 6.92 Å². The molecule has 0 aliphatic carbocycles. The Hall–Kier alpha value is -1.92. The highest BCUT2D eigenvalue weighted by molar-refractivity contribution is 7.92. The summed E-state index contributed by atoms with van der Waals surface area (Å²) in [5, 5.41) is 0. The summed E-state index contributed by atoms with van der Waals surface area (Å²) >= 11 is 0. The number of para-hydroxylation sites is 1. The lowest BCUT2D eigenvalue weighted by Gasteiger charge is -2.12. The van der Waals surface area contributed by atoms with Crippen molar-refractivity contribution >= 4 is 15.7 Å². The standard InChI is InChI=1S/C15H17FN2O2S/c1-2-14(17)11-6-5-7-12(10-11)21(19,20)18-15-9-4-3-8-13(15)16/h3-10,14,18H,2,17H2,1H3. The lowest BCUT2D eigenvalue weighted by molar-refractivity contribution is 0.598. The summed E-state index contributed by atoms with van der Waals surface area (Å²) in [6, 6.07) is 11.8. The normalized spacial score (nSPS) is 12.9. The van der Waals surface area contributed by atoms with Gasteiger partial charge < -0.3 is 5.73 Å². The summed E-state index contributed by atoms with van der Waals surface area (Å²) in [7, 11) is -3.85. The minimum atomic E-state index is -3.85. The predicted octanol–water partition coefficient (Wildman–Crippen LogP) is 3.04. The van der Waals surface area contributed by atoms with E-state index in [1.165, 1.54) is 30.3 Å². The van der Waals surface area contributed by atoms with E-state index in [-0.39, 0.29) is 16.6 Å². The minimum absolute atomic E-state index is 0.0622. The first kappa shape index (κ1) is 15.5. The topological polar surface area (TPSA) is 72.2 Å². The van der Waals surface area contributed by atoms with Crippen LogP contribution in [-0.4, -0.2) is 8.42 Å². The molecule has 0 spiro atoms. The van der Waals surface area contributed by atoms with E-state index in [9.17, 15) is 12.8 Å². The van der Waals surface area contributed by atoms with Crippen LogP contribution in [0.4, 0.5) is 10.1 Å². The Kier molecular flexibility index (Phi) is 4.59. The van der Waals surface area contributed by atoms with Crippen LogP contribution in [-0.2, 0) is 10.0 Å². The second-order valence-corrected chi connectivity index (χ2v) is 6.35. The van der Waals surface area contributed by atoms with Gasteiger partial charge in [-0.3, -0.25) is 4.72 Å². The van der Waals surface area contributed by atoms with E-state index >= 15 is 0 Å². The molecule has 0 amide bonds. The lowest BCUT2D eigenvalue weighted by Crippen LogP contribution is -2.15. The van der Waals surface area contributed by atoms with E-state index in [0.29, 0.717) is 6.42 Å². The summed E-state index contributed by atoms with van der Waals surface area (Å²) in [5.41, 5.74) is 6.56. The van der Waals surface area contributed by atoms with Crippen LogP contribution in [0.5, 0.6) is 0 Å². The molecule has 112 valence electrons. The summed E-state index contributed by atoms with van der Waals surface area (Å²) in [4.78, 5) is 0.0622. The molecule has 1 atom stereocenters. The average Bonchev–Trinajstić information content (AvgIpc) is 2.49. The van der Waals surface area contributed by atoms with Gasteiger partial charge in [0, 0.05) is 6.04 Å². The molecule has 1 unspecified atom stereocenters. The first-order chi connectivity index (χ1) is 9.94. The maximum atomic E-state index is 13.6. The fourth-order valence-electron chi connectivity index (χ4n) is 1.90. The molecule has 0 saturated carbocycles. The highest BCUT2D eigenvalue weighted by Crippen LogP contribution is 2.22. The summed E-state index contributed by atoms with van der Waals surface area (Å²) in [5.74, 6) is -0.623. The SMILES string of the molecule is CCC(N)c1cccc(S(=O)(=O)Nc2ccccc2F)c1. The van der Waals surface area contributed by atoms with Crippen molar-refractivity contribution in [2.75, 3.05) is 4.72 Å². The van der Waals surface area contributed by atoms with Crippen molar-refractivity contribution in [2.24, 2.45) is 5.73 Å². The van der Waals surface area contributed by atoms with Gasteiger partial charge in [0.15, 0.2) is 0 Å². The number of benzene rings is 2. The highest BCUT2D eigenvalue weighted by atomic mass is 32.2. The van der Waals surface area contributed by atoms with Crippen molar-refractivity contribution in [2.45, 2.75) is 24.3 Å². The number of nitrogens with two attached hydrogens (primary N) is 1.